The van der Waals surface area contributed by atoms with E-state index in [1.54, 1.807) is 24.0 Å². The predicted molar refractivity (Wildman–Crippen MR) is 117 cm³/mol. The number of hydrogen-bond acceptors (Lipinski definition) is 5. The third-order valence-corrected chi connectivity index (χ3v) is 7.14. The number of carboxylic acid groups (broad SMARTS) is 1. The molecule has 3 aromatic rings. The van der Waals surface area contributed by atoms with Gasteiger partial charge in [0.05, 0.1) is 5.04 Å². The molecule has 0 saturated heterocycles. The quantitative estimate of drug-likeness (QED) is 0.525. The van der Waals surface area contributed by atoms with Crippen LogP contribution in [0.4, 0.5) is 4.39 Å². The number of H-pyrrole nitrogens is 1. The van der Waals surface area contributed by atoms with Crippen LogP contribution >= 0.6 is 23.5 Å². The second-order valence-electron chi connectivity index (χ2n) is 6.96. The van der Waals surface area contributed by atoms with Crippen molar-refractivity contribution in [2.45, 2.75) is 18.4 Å². The lowest BCUT2D eigenvalue weighted by atomic mass is 9.96. The Morgan fingerprint density at radius 2 is 2.21 bits per heavy atom. The Kier molecular flexibility index (Phi) is 5.91. The highest BCUT2D eigenvalue weighted by Gasteiger charge is 2.43. The number of halogens is 1. The van der Waals surface area contributed by atoms with E-state index in [2.05, 4.69) is 15.0 Å². The van der Waals surface area contributed by atoms with Gasteiger partial charge in [0.25, 0.3) is 0 Å². The standard InChI is InChI=1S/C21H20FN3O2S2/c22-15-5-4-14-9-17(24-18(14)10-15)11-21(20(26)27)13-29-19(25-21)12-28-8-6-16-3-1-2-7-23-16/h1-5,7,9-10,24H,6,8,11-13H2,(H,26,27). The van der Waals surface area contributed by atoms with Crippen LogP contribution in [0.3, 0.4) is 0 Å². The normalized spacial score (nSPS) is 18.9. The topological polar surface area (TPSA) is 78.3 Å². The first-order valence-electron chi connectivity index (χ1n) is 9.24. The van der Waals surface area contributed by atoms with Gasteiger partial charge in [-0.15, -0.1) is 11.8 Å². The molecular formula is C21H20FN3O2S2. The van der Waals surface area contributed by atoms with Crippen molar-refractivity contribution in [3.8, 4) is 0 Å². The van der Waals surface area contributed by atoms with Gasteiger partial charge < -0.3 is 10.1 Å². The summed E-state index contributed by atoms with van der Waals surface area (Å²) in [6.45, 7) is 0. The number of aryl methyl sites for hydroxylation is 1. The molecule has 8 heteroatoms. The predicted octanol–water partition coefficient (Wildman–Crippen LogP) is 4.19. The third-order valence-electron chi connectivity index (χ3n) is 4.79. The van der Waals surface area contributed by atoms with Crippen molar-refractivity contribution in [3.63, 3.8) is 0 Å². The van der Waals surface area contributed by atoms with Gasteiger partial charge in [-0.05, 0) is 54.0 Å². The molecule has 0 saturated carbocycles. The van der Waals surface area contributed by atoms with Crippen LogP contribution in [0.2, 0.25) is 0 Å². The van der Waals surface area contributed by atoms with E-state index in [9.17, 15) is 14.3 Å². The van der Waals surface area contributed by atoms with Gasteiger partial charge in [0.1, 0.15) is 5.82 Å². The third kappa shape index (κ3) is 4.64. The Morgan fingerprint density at radius 3 is 3.00 bits per heavy atom. The van der Waals surface area contributed by atoms with Crippen LogP contribution in [0.25, 0.3) is 10.9 Å². The van der Waals surface area contributed by atoms with Gasteiger partial charge >= 0.3 is 5.97 Å². The molecule has 5 nitrogen and oxygen atoms in total. The summed E-state index contributed by atoms with van der Waals surface area (Å²) in [7, 11) is 0. The van der Waals surface area contributed by atoms with Gasteiger partial charge in [0.15, 0.2) is 5.54 Å². The highest BCUT2D eigenvalue weighted by molar-refractivity contribution is 8.16. The maximum Gasteiger partial charge on any atom is 0.332 e. The Bertz CT molecular complexity index is 1050. The van der Waals surface area contributed by atoms with E-state index in [0.29, 0.717) is 17.0 Å². The molecule has 29 heavy (non-hydrogen) atoms. The van der Waals surface area contributed by atoms with Crippen LogP contribution in [0.15, 0.2) is 53.7 Å². The molecule has 1 unspecified atom stereocenters. The first-order chi connectivity index (χ1) is 14.0. The zero-order valence-corrected chi connectivity index (χ0v) is 17.2. The Labute approximate surface area is 176 Å². The number of aromatic nitrogens is 2. The first kappa shape index (κ1) is 20.0. The zero-order chi connectivity index (χ0) is 20.3. The highest BCUT2D eigenvalue weighted by Crippen LogP contribution is 2.33. The van der Waals surface area contributed by atoms with Crippen molar-refractivity contribution >= 4 is 45.4 Å². The largest absolute Gasteiger partial charge is 0.479 e. The van der Waals surface area contributed by atoms with Crippen LogP contribution in [-0.4, -0.2) is 48.9 Å². The number of fused-ring (bicyclic) bond motifs is 1. The van der Waals surface area contributed by atoms with Crippen molar-refractivity contribution in [2.24, 2.45) is 4.99 Å². The molecule has 2 aromatic heterocycles. The molecule has 0 spiro atoms. The molecule has 0 bridgehead atoms. The van der Waals surface area contributed by atoms with Crippen LogP contribution in [0.5, 0.6) is 0 Å². The smallest absolute Gasteiger partial charge is 0.332 e. The van der Waals surface area contributed by atoms with Gasteiger partial charge in [-0.3, -0.25) is 9.98 Å². The van der Waals surface area contributed by atoms with Crippen molar-refractivity contribution in [2.75, 3.05) is 17.3 Å². The molecule has 1 atom stereocenters. The number of aliphatic imine (C=N–C) groups is 1. The van der Waals surface area contributed by atoms with Crippen molar-refractivity contribution in [1.82, 2.24) is 9.97 Å². The fraction of sp³-hybridized carbons (Fsp3) is 0.286. The second kappa shape index (κ2) is 8.59. The molecule has 1 aliphatic rings. The summed E-state index contributed by atoms with van der Waals surface area (Å²) >= 11 is 3.25. The number of rotatable bonds is 8. The number of pyridine rings is 1. The number of benzene rings is 1. The lowest BCUT2D eigenvalue weighted by Crippen LogP contribution is -2.39. The first-order valence-corrected chi connectivity index (χ1v) is 11.4. The van der Waals surface area contributed by atoms with Crippen molar-refractivity contribution < 1.29 is 14.3 Å². The molecule has 0 aliphatic carbocycles. The monoisotopic (exact) mass is 429 g/mol. The van der Waals surface area contributed by atoms with Gasteiger partial charge in [-0.25, -0.2) is 9.18 Å². The molecule has 0 fully saturated rings. The Hall–Kier alpha value is -2.32. The molecule has 0 amide bonds. The maximum atomic E-state index is 13.4. The van der Waals surface area contributed by atoms with E-state index in [1.165, 1.54) is 23.9 Å². The van der Waals surface area contributed by atoms with Gasteiger partial charge in [-0.2, -0.15) is 11.8 Å². The van der Waals surface area contributed by atoms with E-state index in [0.717, 1.165) is 34.0 Å². The summed E-state index contributed by atoms with van der Waals surface area (Å²) in [5.74, 6) is 0.762. The average molecular weight is 430 g/mol. The van der Waals surface area contributed by atoms with E-state index < -0.39 is 11.5 Å². The second-order valence-corrected chi connectivity index (χ2v) is 9.11. The van der Waals surface area contributed by atoms with Crippen LogP contribution in [-0.2, 0) is 17.6 Å². The van der Waals surface area contributed by atoms with E-state index in [-0.39, 0.29) is 12.2 Å². The SMILES string of the molecule is O=C(O)C1(Cc2cc3ccc(F)cc3[nH]2)CSC(CSCCc2ccccn2)=N1. The van der Waals surface area contributed by atoms with E-state index in [4.69, 9.17) is 0 Å². The molecule has 4 rings (SSSR count). The number of aromatic amines is 1. The fourth-order valence-electron chi connectivity index (χ4n) is 3.31. The summed E-state index contributed by atoms with van der Waals surface area (Å²) in [4.78, 5) is 24.1. The number of nitrogens with one attached hydrogen (secondary N) is 1. The minimum atomic E-state index is -1.18. The summed E-state index contributed by atoms with van der Waals surface area (Å²) in [6, 6.07) is 12.3. The molecule has 1 aromatic carbocycles. The zero-order valence-electron chi connectivity index (χ0n) is 15.6. The Morgan fingerprint density at radius 1 is 1.31 bits per heavy atom. The maximum absolute atomic E-state index is 13.4. The number of carbonyl (C=O) groups is 1. The fourth-order valence-corrected chi connectivity index (χ4v) is 5.56. The Balaban J connectivity index is 1.41. The van der Waals surface area contributed by atoms with Crippen LogP contribution < -0.4 is 0 Å². The van der Waals surface area contributed by atoms with Crippen molar-refractivity contribution in [1.29, 1.82) is 0 Å². The van der Waals surface area contributed by atoms with Crippen molar-refractivity contribution in [3.05, 3.63) is 65.9 Å². The van der Waals surface area contributed by atoms with Gasteiger partial charge in [0.2, 0.25) is 0 Å². The summed E-state index contributed by atoms with van der Waals surface area (Å²) < 4.78 is 13.4. The molecule has 3 heterocycles. The minimum Gasteiger partial charge on any atom is -0.479 e. The summed E-state index contributed by atoms with van der Waals surface area (Å²) in [6.07, 6.45) is 2.92. The number of hydrogen-bond donors (Lipinski definition) is 2. The summed E-state index contributed by atoms with van der Waals surface area (Å²) in [5.41, 5.74) is 1.29. The van der Waals surface area contributed by atoms with E-state index >= 15 is 0 Å². The minimum absolute atomic E-state index is 0.258. The van der Waals surface area contributed by atoms with Crippen LogP contribution in [0, 0.1) is 5.82 Å². The number of thioether (sulfide) groups is 2. The van der Waals surface area contributed by atoms with E-state index in [1.807, 2.05) is 24.3 Å². The molecular weight excluding hydrogens is 409 g/mol. The number of aliphatic carboxylic acids is 1. The summed E-state index contributed by atoms with van der Waals surface area (Å²) in [5, 5.41) is 11.6. The average Bonchev–Trinajstić information content (AvgIpc) is 3.30. The highest BCUT2D eigenvalue weighted by atomic mass is 32.2. The van der Waals surface area contributed by atoms with Gasteiger partial charge in [-0.1, -0.05) is 6.07 Å². The number of nitrogens with zero attached hydrogens (tertiary/aromatic N) is 2. The molecule has 2 N–H and O–H groups in total. The molecule has 0 radical (unpaired) electrons. The number of carboxylic acids is 1. The molecule has 150 valence electrons. The van der Waals surface area contributed by atoms with Crippen LogP contribution in [0.1, 0.15) is 11.4 Å². The van der Waals surface area contributed by atoms with Gasteiger partial charge in [0, 0.05) is 41.0 Å². The molecule has 1 aliphatic heterocycles. The lowest BCUT2D eigenvalue weighted by Gasteiger charge is -2.19. The lowest BCUT2D eigenvalue weighted by molar-refractivity contribution is -0.142.